The number of ether oxygens (including phenoxy) is 1. The zero-order valence-electron chi connectivity index (χ0n) is 9.50. The standard InChI is InChI=1S/C14H11BrClFO/c15-8-10-2-1-3-13(6-10)18-9-11-7-12(16)4-5-14(11)17/h1-7H,8-9H2. The number of halogens is 3. The summed E-state index contributed by atoms with van der Waals surface area (Å²) in [5.41, 5.74) is 1.56. The van der Waals surface area contributed by atoms with Gasteiger partial charge >= 0.3 is 0 Å². The largest absolute Gasteiger partial charge is 0.489 e. The second-order valence-electron chi connectivity index (χ2n) is 3.81. The molecule has 0 saturated carbocycles. The Morgan fingerprint density at radius 1 is 1.17 bits per heavy atom. The van der Waals surface area contributed by atoms with Crippen molar-refractivity contribution in [2.45, 2.75) is 11.9 Å². The van der Waals surface area contributed by atoms with Gasteiger partial charge in [-0.15, -0.1) is 0 Å². The Morgan fingerprint density at radius 2 is 2.00 bits per heavy atom. The maximum atomic E-state index is 13.5. The van der Waals surface area contributed by atoms with Gasteiger partial charge in [0, 0.05) is 15.9 Å². The Morgan fingerprint density at radius 3 is 2.78 bits per heavy atom. The molecule has 0 spiro atoms. The van der Waals surface area contributed by atoms with Gasteiger partial charge in [-0.2, -0.15) is 0 Å². The summed E-state index contributed by atoms with van der Waals surface area (Å²) >= 11 is 9.19. The summed E-state index contributed by atoms with van der Waals surface area (Å²) in [6.07, 6.45) is 0. The van der Waals surface area contributed by atoms with Crippen LogP contribution >= 0.6 is 27.5 Å². The highest BCUT2D eigenvalue weighted by Gasteiger charge is 2.04. The van der Waals surface area contributed by atoms with Crippen LogP contribution in [0.2, 0.25) is 5.02 Å². The zero-order chi connectivity index (χ0) is 13.0. The number of hydrogen-bond donors (Lipinski definition) is 0. The second kappa shape index (κ2) is 6.21. The SMILES string of the molecule is Fc1ccc(Cl)cc1COc1cccc(CBr)c1. The molecule has 2 aromatic rings. The first-order chi connectivity index (χ1) is 8.69. The fourth-order valence-corrected chi connectivity index (χ4v) is 2.08. The Hall–Kier alpha value is -1.06. The van der Waals surface area contributed by atoms with E-state index in [1.807, 2.05) is 24.3 Å². The van der Waals surface area contributed by atoms with E-state index in [0.29, 0.717) is 16.3 Å². The van der Waals surface area contributed by atoms with Crippen LogP contribution in [-0.2, 0) is 11.9 Å². The summed E-state index contributed by atoms with van der Waals surface area (Å²) in [4.78, 5) is 0. The lowest BCUT2D eigenvalue weighted by Crippen LogP contribution is -1.98. The molecule has 0 amide bonds. The van der Waals surface area contributed by atoms with Crippen molar-refractivity contribution >= 4 is 27.5 Å². The molecule has 0 heterocycles. The maximum Gasteiger partial charge on any atom is 0.129 e. The fourth-order valence-electron chi connectivity index (χ4n) is 1.53. The average molecular weight is 330 g/mol. The predicted octanol–water partition coefficient (Wildman–Crippen LogP) is 4.95. The molecule has 1 nitrogen and oxygen atoms in total. The van der Waals surface area contributed by atoms with Crippen molar-refractivity contribution in [2.24, 2.45) is 0 Å². The summed E-state index contributed by atoms with van der Waals surface area (Å²) < 4.78 is 19.0. The fraction of sp³-hybridized carbons (Fsp3) is 0.143. The Labute approximate surface area is 119 Å². The van der Waals surface area contributed by atoms with Crippen LogP contribution in [0.3, 0.4) is 0 Å². The molecule has 94 valence electrons. The van der Waals surface area contributed by atoms with Crippen molar-refractivity contribution in [1.82, 2.24) is 0 Å². The first-order valence-electron chi connectivity index (χ1n) is 5.40. The molecule has 18 heavy (non-hydrogen) atoms. The molecule has 0 radical (unpaired) electrons. The van der Waals surface area contributed by atoms with Gasteiger partial charge in [0.1, 0.15) is 18.2 Å². The van der Waals surface area contributed by atoms with Crippen LogP contribution in [0.5, 0.6) is 5.75 Å². The topological polar surface area (TPSA) is 9.23 Å². The van der Waals surface area contributed by atoms with Crippen molar-refractivity contribution in [3.8, 4) is 5.75 Å². The molecule has 0 bridgehead atoms. The molecule has 0 N–H and O–H groups in total. The lowest BCUT2D eigenvalue weighted by molar-refractivity contribution is 0.299. The van der Waals surface area contributed by atoms with E-state index in [1.54, 1.807) is 6.07 Å². The van der Waals surface area contributed by atoms with Gasteiger partial charge in [0.05, 0.1) is 0 Å². The molecule has 0 aliphatic heterocycles. The predicted molar refractivity (Wildman–Crippen MR) is 74.8 cm³/mol. The van der Waals surface area contributed by atoms with Crippen LogP contribution in [0.15, 0.2) is 42.5 Å². The summed E-state index contributed by atoms with van der Waals surface area (Å²) in [5, 5.41) is 1.26. The van der Waals surface area contributed by atoms with Gasteiger partial charge in [0.2, 0.25) is 0 Å². The molecule has 0 unspecified atom stereocenters. The lowest BCUT2D eigenvalue weighted by Gasteiger charge is -2.08. The van der Waals surface area contributed by atoms with Gasteiger partial charge in [-0.25, -0.2) is 4.39 Å². The molecule has 0 aromatic heterocycles. The third-order valence-corrected chi connectivity index (χ3v) is 3.34. The smallest absolute Gasteiger partial charge is 0.129 e. The average Bonchev–Trinajstić information content (AvgIpc) is 2.40. The van der Waals surface area contributed by atoms with Crippen LogP contribution in [0.1, 0.15) is 11.1 Å². The number of benzene rings is 2. The highest BCUT2D eigenvalue weighted by Crippen LogP contribution is 2.19. The van der Waals surface area contributed by atoms with Crippen LogP contribution in [0.25, 0.3) is 0 Å². The van der Waals surface area contributed by atoms with Gasteiger partial charge in [0.25, 0.3) is 0 Å². The minimum absolute atomic E-state index is 0.165. The van der Waals surface area contributed by atoms with Crippen molar-refractivity contribution in [2.75, 3.05) is 0 Å². The second-order valence-corrected chi connectivity index (χ2v) is 4.80. The van der Waals surface area contributed by atoms with Gasteiger partial charge in [-0.3, -0.25) is 0 Å². The third-order valence-electron chi connectivity index (χ3n) is 2.45. The quantitative estimate of drug-likeness (QED) is 0.721. The van der Waals surface area contributed by atoms with E-state index in [0.717, 1.165) is 10.9 Å². The van der Waals surface area contributed by atoms with Crippen molar-refractivity contribution in [3.05, 3.63) is 64.4 Å². The maximum absolute atomic E-state index is 13.5. The first kappa shape index (κ1) is 13.4. The summed E-state index contributed by atoms with van der Waals surface area (Å²) in [6.45, 7) is 0.165. The van der Waals surface area contributed by atoms with E-state index < -0.39 is 0 Å². The first-order valence-corrected chi connectivity index (χ1v) is 6.90. The monoisotopic (exact) mass is 328 g/mol. The normalized spacial score (nSPS) is 10.4. The van der Waals surface area contributed by atoms with Crippen LogP contribution < -0.4 is 4.74 Å². The van der Waals surface area contributed by atoms with Crippen molar-refractivity contribution in [1.29, 1.82) is 0 Å². The minimum atomic E-state index is -0.309. The van der Waals surface area contributed by atoms with E-state index in [2.05, 4.69) is 15.9 Å². The number of alkyl halides is 1. The summed E-state index contributed by atoms with van der Waals surface area (Å²) in [6, 6.07) is 12.1. The zero-order valence-corrected chi connectivity index (χ0v) is 11.8. The molecule has 0 fully saturated rings. The van der Waals surface area contributed by atoms with E-state index >= 15 is 0 Å². The molecule has 0 aliphatic rings. The molecular weight excluding hydrogens is 319 g/mol. The van der Waals surface area contributed by atoms with Crippen molar-refractivity contribution in [3.63, 3.8) is 0 Å². The molecular formula is C14H11BrClFO. The van der Waals surface area contributed by atoms with E-state index in [-0.39, 0.29) is 12.4 Å². The Kier molecular flexibility index (Phi) is 4.61. The Bertz CT molecular complexity index is 545. The van der Waals surface area contributed by atoms with Gasteiger partial charge in [-0.05, 0) is 35.9 Å². The van der Waals surface area contributed by atoms with E-state index in [4.69, 9.17) is 16.3 Å². The summed E-state index contributed by atoms with van der Waals surface area (Å²) in [5.74, 6) is 0.405. The summed E-state index contributed by atoms with van der Waals surface area (Å²) in [7, 11) is 0. The van der Waals surface area contributed by atoms with E-state index in [1.165, 1.54) is 12.1 Å². The van der Waals surface area contributed by atoms with Crippen LogP contribution in [0.4, 0.5) is 4.39 Å². The van der Waals surface area contributed by atoms with Crippen molar-refractivity contribution < 1.29 is 9.13 Å². The molecule has 0 atom stereocenters. The molecule has 2 aromatic carbocycles. The molecule has 0 aliphatic carbocycles. The van der Waals surface area contributed by atoms with Gasteiger partial charge in [-0.1, -0.05) is 39.7 Å². The molecule has 2 rings (SSSR count). The van der Waals surface area contributed by atoms with Crippen LogP contribution in [0, 0.1) is 5.82 Å². The molecule has 0 saturated heterocycles. The minimum Gasteiger partial charge on any atom is -0.489 e. The van der Waals surface area contributed by atoms with E-state index in [9.17, 15) is 4.39 Å². The highest BCUT2D eigenvalue weighted by molar-refractivity contribution is 9.08. The third kappa shape index (κ3) is 3.47. The lowest BCUT2D eigenvalue weighted by atomic mass is 10.2. The number of hydrogen-bond acceptors (Lipinski definition) is 1. The Balaban J connectivity index is 2.08. The number of rotatable bonds is 4. The van der Waals surface area contributed by atoms with Gasteiger partial charge in [0.15, 0.2) is 0 Å². The van der Waals surface area contributed by atoms with Gasteiger partial charge < -0.3 is 4.74 Å². The highest BCUT2D eigenvalue weighted by atomic mass is 79.9. The molecule has 4 heteroatoms. The van der Waals surface area contributed by atoms with Crippen LogP contribution in [-0.4, -0.2) is 0 Å².